The zero-order valence-corrected chi connectivity index (χ0v) is 17.6. The molecule has 2 fully saturated rings. The van der Waals surface area contributed by atoms with Crippen molar-refractivity contribution in [1.82, 2.24) is 0 Å². The minimum Gasteiger partial charge on any atom is -0.812 e. The van der Waals surface area contributed by atoms with Crippen molar-refractivity contribution in [2.24, 2.45) is 5.41 Å². The normalized spacial score (nSPS) is 20.4. The predicted octanol–water partition coefficient (Wildman–Crippen LogP) is 5.43. The van der Waals surface area contributed by atoms with Crippen molar-refractivity contribution in [3.05, 3.63) is 111 Å². The maximum Gasteiger partial charge on any atom is 4.00 e. The molecular weight excluding hydrogens is 381 g/mol. The summed E-state index contributed by atoms with van der Waals surface area (Å²) >= 11 is 0. The van der Waals surface area contributed by atoms with Gasteiger partial charge in [-0.05, 0) is 69.6 Å². The summed E-state index contributed by atoms with van der Waals surface area (Å²) in [5, 5.41) is 10.0. The van der Waals surface area contributed by atoms with Gasteiger partial charge in [-0.2, -0.15) is 23.6 Å². The van der Waals surface area contributed by atoms with E-state index in [9.17, 15) is 5.41 Å². The van der Waals surface area contributed by atoms with E-state index in [-0.39, 0.29) is 37.5 Å². The van der Waals surface area contributed by atoms with Crippen LogP contribution in [0.4, 0.5) is 0 Å². The Morgan fingerprint density at radius 2 is 1.20 bits per heavy atom. The number of nitrogens with zero attached hydrogens (tertiary/aromatic N) is 1. The minimum atomic E-state index is -0.130. The van der Waals surface area contributed by atoms with Crippen molar-refractivity contribution in [3.8, 4) is 0 Å². The van der Waals surface area contributed by atoms with Crippen LogP contribution in [0.1, 0.15) is 37.8 Å². The molecule has 1 atom stereocenters. The van der Waals surface area contributed by atoms with E-state index in [2.05, 4.69) is 18.6 Å². The molecule has 0 N–H and O–H groups in total. The van der Waals surface area contributed by atoms with E-state index in [1.165, 1.54) is 11.1 Å². The number of fused-ring (bicyclic) bond motifs is 1. The van der Waals surface area contributed by atoms with Crippen LogP contribution in [0.25, 0.3) is 5.41 Å². The summed E-state index contributed by atoms with van der Waals surface area (Å²) in [7, 11) is 0. The molecule has 10 radical (unpaired) electrons. The fourth-order valence-electron chi connectivity index (χ4n) is 2.45. The predicted molar refractivity (Wildman–Crippen MR) is 103 cm³/mol. The second-order valence-corrected chi connectivity index (χ2v) is 6.83. The minimum absolute atomic E-state index is 0. The first kappa shape index (κ1) is 22.7. The van der Waals surface area contributed by atoms with Crippen LogP contribution in [-0.4, -0.2) is 5.71 Å². The fraction of sp³-hybridized carbons (Fsp3) is 0.217. The quantitative estimate of drug-likeness (QED) is 0.438. The summed E-state index contributed by atoms with van der Waals surface area (Å²) in [5.41, 5.74) is 2.94. The van der Waals surface area contributed by atoms with E-state index in [1.807, 2.05) is 97.1 Å². The van der Waals surface area contributed by atoms with Crippen LogP contribution in [0.3, 0.4) is 0 Å². The van der Waals surface area contributed by atoms with Crippen LogP contribution in [0, 0.1) is 76.0 Å². The topological polar surface area (TPSA) is 22.3 Å². The Kier molecular flexibility index (Phi) is 10.3. The van der Waals surface area contributed by atoms with Gasteiger partial charge in [-0.3, -0.25) is 0 Å². The molecule has 2 saturated carbocycles. The number of rotatable bonds is 1. The standard InChI is InChI=1S/C13H15N.2C5H5.Zr/c1-13(2,3)12(14)11-8-9-6-4-5-7-10(9)11;2*1-2-4-5-3-1;/h4-8,11H,1-3H3;2*1-5H;/q-2;;;+4/t11-;;;/m0.../s1. The van der Waals surface area contributed by atoms with Gasteiger partial charge in [0.25, 0.3) is 0 Å². The average Bonchev–Trinajstić information content (AvgIpc) is 3.26. The van der Waals surface area contributed by atoms with E-state index in [0.717, 1.165) is 0 Å². The molecule has 0 heterocycles. The molecule has 0 amide bonds. The largest absolute Gasteiger partial charge is 4.00 e. The molecule has 1 nitrogen and oxygen atoms in total. The Hall–Kier alpha value is -0.357. The fourth-order valence-corrected chi connectivity index (χ4v) is 2.45. The second-order valence-electron chi connectivity index (χ2n) is 6.83. The van der Waals surface area contributed by atoms with Crippen molar-refractivity contribution < 1.29 is 26.2 Å². The first-order chi connectivity index (χ1) is 11.5. The van der Waals surface area contributed by atoms with Gasteiger partial charge in [0, 0.05) is 0 Å². The summed E-state index contributed by atoms with van der Waals surface area (Å²) < 4.78 is 0. The molecule has 0 aliphatic heterocycles. The van der Waals surface area contributed by atoms with E-state index >= 15 is 0 Å². The third-order valence-corrected chi connectivity index (χ3v) is 3.85. The van der Waals surface area contributed by atoms with Gasteiger partial charge in [0.1, 0.15) is 0 Å². The van der Waals surface area contributed by atoms with Crippen molar-refractivity contribution in [3.63, 3.8) is 0 Å². The molecule has 4 rings (SSSR count). The summed E-state index contributed by atoms with van der Waals surface area (Å²) in [6, 6.07) is 8.22. The SMILES string of the molecule is CC(C)(C)C(=[N-])[C@H]1[CH-]c2ccccc21.[CH]1[CH][CH][CH][CH]1.[CH]1[CH][CH][CH][CH]1.[Zr+4]. The molecule has 2 heteroatoms. The van der Waals surface area contributed by atoms with Crippen molar-refractivity contribution in [2.75, 3.05) is 0 Å². The monoisotopic (exact) mass is 405 g/mol. The summed E-state index contributed by atoms with van der Waals surface area (Å²) in [6.07, 6.45) is 22.1. The van der Waals surface area contributed by atoms with Gasteiger partial charge in [-0.1, -0.05) is 32.8 Å². The van der Waals surface area contributed by atoms with Gasteiger partial charge in [-0.15, -0.1) is 12.1 Å². The molecule has 1 aromatic carbocycles. The summed E-state index contributed by atoms with van der Waals surface area (Å²) in [6.45, 7) is 6.12. The molecule has 0 saturated heterocycles. The van der Waals surface area contributed by atoms with Gasteiger partial charge < -0.3 is 5.41 Å². The summed E-state index contributed by atoms with van der Waals surface area (Å²) in [5.74, 6) is 0.145. The number of hydrogen-bond donors (Lipinski definition) is 0. The Morgan fingerprint density at radius 1 is 0.800 bits per heavy atom. The number of hydrogen-bond acceptors (Lipinski definition) is 0. The molecular formula is C23H25NZr+2. The van der Waals surface area contributed by atoms with Crippen LogP contribution >= 0.6 is 0 Å². The van der Waals surface area contributed by atoms with E-state index < -0.39 is 0 Å². The molecule has 0 bridgehead atoms. The van der Waals surface area contributed by atoms with Gasteiger partial charge >= 0.3 is 26.2 Å². The molecule has 0 spiro atoms. The van der Waals surface area contributed by atoms with Gasteiger partial charge in [0.2, 0.25) is 0 Å². The third kappa shape index (κ3) is 7.42. The maximum absolute atomic E-state index is 10.0. The summed E-state index contributed by atoms with van der Waals surface area (Å²) in [4.78, 5) is 0. The molecule has 0 aromatic heterocycles. The van der Waals surface area contributed by atoms with Crippen LogP contribution in [-0.2, 0) is 26.2 Å². The Bertz CT molecular complexity index is 482. The Morgan fingerprint density at radius 3 is 1.56 bits per heavy atom. The van der Waals surface area contributed by atoms with Crippen molar-refractivity contribution >= 4 is 5.71 Å². The molecule has 25 heavy (non-hydrogen) atoms. The molecule has 0 unspecified atom stereocenters. The van der Waals surface area contributed by atoms with Crippen LogP contribution in [0.5, 0.6) is 0 Å². The maximum atomic E-state index is 10.0. The first-order valence-corrected chi connectivity index (χ1v) is 8.33. The van der Waals surface area contributed by atoms with Crippen LogP contribution in [0.2, 0.25) is 0 Å². The van der Waals surface area contributed by atoms with Crippen molar-refractivity contribution in [1.29, 1.82) is 0 Å². The smallest absolute Gasteiger partial charge is 0.812 e. The van der Waals surface area contributed by atoms with E-state index in [0.29, 0.717) is 5.71 Å². The molecule has 3 aliphatic carbocycles. The Labute approximate surface area is 175 Å². The first-order valence-electron chi connectivity index (χ1n) is 8.33. The number of benzene rings is 1. The average molecular weight is 407 g/mol. The third-order valence-electron chi connectivity index (χ3n) is 3.85. The van der Waals surface area contributed by atoms with Crippen LogP contribution in [0.15, 0.2) is 24.3 Å². The van der Waals surface area contributed by atoms with Crippen molar-refractivity contribution in [2.45, 2.75) is 26.7 Å². The van der Waals surface area contributed by atoms with Gasteiger partial charge in [-0.25, -0.2) is 5.71 Å². The molecule has 124 valence electrons. The van der Waals surface area contributed by atoms with E-state index in [4.69, 9.17) is 0 Å². The molecule has 1 aromatic rings. The zero-order valence-electron chi connectivity index (χ0n) is 15.2. The second kappa shape index (κ2) is 11.4. The Balaban J connectivity index is 0.000000233. The van der Waals surface area contributed by atoms with E-state index in [1.54, 1.807) is 0 Å². The zero-order chi connectivity index (χ0) is 17.4. The van der Waals surface area contributed by atoms with Gasteiger partial charge in [0.15, 0.2) is 0 Å². The van der Waals surface area contributed by atoms with Gasteiger partial charge in [0.05, 0.1) is 0 Å². The molecule has 3 aliphatic rings. The van der Waals surface area contributed by atoms with Crippen LogP contribution < -0.4 is 0 Å².